The molecule has 0 aliphatic carbocycles. The molecule has 9 heteroatoms. The zero-order chi connectivity index (χ0) is 15.0. The van der Waals surface area contributed by atoms with E-state index in [4.69, 9.17) is 5.11 Å². The van der Waals surface area contributed by atoms with E-state index in [0.717, 1.165) is 0 Å². The molecule has 1 N–H and O–H groups in total. The standard InChI is InChI=1S/C10H6F6O3/c11-9(12,13)5-1-4(7(17)8(18)19)2-6(3-5)10(14,15)16/h1-3,7,17H,(H,18,19)/p-1/t7-/m0/s1. The Morgan fingerprint density at radius 3 is 1.63 bits per heavy atom. The molecule has 0 spiro atoms. The molecule has 1 atom stereocenters. The Balaban J connectivity index is 3.45. The first-order chi connectivity index (χ1) is 8.43. The molecule has 0 saturated heterocycles. The van der Waals surface area contributed by atoms with Gasteiger partial charge in [-0.1, -0.05) is 0 Å². The zero-order valence-corrected chi connectivity index (χ0v) is 8.84. The molecule has 0 aliphatic heterocycles. The van der Waals surface area contributed by atoms with E-state index in [9.17, 15) is 36.2 Å². The zero-order valence-electron chi connectivity index (χ0n) is 8.84. The second-order valence-electron chi connectivity index (χ2n) is 3.56. The van der Waals surface area contributed by atoms with Gasteiger partial charge >= 0.3 is 12.4 Å². The van der Waals surface area contributed by atoms with Crippen LogP contribution in [0.25, 0.3) is 0 Å². The third-order valence-electron chi connectivity index (χ3n) is 2.15. The summed E-state index contributed by atoms with van der Waals surface area (Å²) >= 11 is 0. The molecule has 0 fully saturated rings. The van der Waals surface area contributed by atoms with Crippen LogP contribution in [0, 0.1) is 0 Å². The normalized spacial score (nSPS) is 14.3. The number of halogens is 6. The fraction of sp³-hybridized carbons (Fsp3) is 0.300. The SMILES string of the molecule is O=C([O-])[C@@H](O)c1cc(C(F)(F)F)cc(C(F)(F)F)c1. The predicted molar refractivity (Wildman–Crippen MR) is 46.4 cm³/mol. The Hall–Kier alpha value is -1.77. The highest BCUT2D eigenvalue weighted by Crippen LogP contribution is 2.37. The van der Waals surface area contributed by atoms with Gasteiger partial charge in [0.1, 0.15) is 6.10 Å². The van der Waals surface area contributed by atoms with Gasteiger partial charge in [-0.05, 0) is 23.8 Å². The number of carbonyl (C=O) groups is 1. The van der Waals surface area contributed by atoms with Crippen LogP contribution in [0.1, 0.15) is 22.8 Å². The summed E-state index contributed by atoms with van der Waals surface area (Å²) in [6.45, 7) is 0. The number of carboxylic acids is 1. The minimum atomic E-state index is -5.11. The van der Waals surface area contributed by atoms with Crippen molar-refractivity contribution in [2.45, 2.75) is 18.5 Å². The summed E-state index contributed by atoms with van der Waals surface area (Å²) in [7, 11) is 0. The van der Waals surface area contributed by atoms with E-state index in [1.807, 2.05) is 0 Å². The highest BCUT2D eigenvalue weighted by Gasteiger charge is 2.37. The van der Waals surface area contributed by atoms with Gasteiger partial charge in [-0.2, -0.15) is 26.3 Å². The molecule has 106 valence electrons. The molecule has 0 aliphatic rings. The monoisotopic (exact) mass is 287 g/mol. The van der Waals surface area contributed by atoms with Crippen molar-refractivity contribution in [3.05, 3.63) is 34.9 Å². The number of carboxylic acid groups (broad SMARTS) is 1. The number of alkyl halides is 6. The fourth-order valence-corrected chi connectivity index (χ4v) is 1.27. The average Bonchev–Trinajstić information content (AvgIpc) is 2.24. The van der Waals surface area contributed by atoms with Gasteiger partial charge in [0, 0.05) is 0 Å². The molecule has 0 bridgehead atoms. The molecule has 0 heterocycles. The lowest BCUT2D eigenvalue weighted by Gasteiger charge is -2.17. The largest absolute Gasteiger partial charge is 0.547 e. The van der Waals surface area contributed by atoms with Gasteiger partial charge in [-0.15, -0.1) is 0 Å². The lowest BCUT2D eigenvalue weighted by atomic mass is 10.0. The van der Waals surface area contributed by atoms with E-state index in [-0.39, 0.29) is 18.2 Å². The van der Waals surface area contributed by atoms with Crippen molar-refractivity contribution < 1.29 is 41.4 Å². The summed E-state index contributed by atoms with van der Waals surface area (Å²) in [6, 6.07) is 0.0664. The summed E-state index contributed by atoms with van der Waals surface area (Å²) in [6.07, 6.45) is -12.8. The topological polar surface area (TPSA) is 60.4 Å². The van der Waals surface area contributed by atoms with Gasteiger partial charge in [0.2, 0.25) is 0 Å². The van der Waals surface area contributed by atoms with Gasteiger partial charge in [-0.3, -0.25) is 0 Å². The minimum absolute atomic E-state index is 0.121. The van der Waals surface area contributed by atoms with Crippen molar-refractivity contribution in [2.24, 2.45) is 0 Å². The highest BCUT2D eigenvalue weighted by molar-refractivity contribution is 5.72. The van der Waals surface area contributed by atoms with Crippen LogP contribution < -0.4 is 5.11 Å². The molecule has 1 aromatic carbocycles. The molecule has 0 unspecified atom stereocenters. The van der Waals surface area contributed by atoms with Crippen LogP contribution in [-0.2, 0) is 17.1 Å². The van der Waals surface area contributed by atoms with Gasteiger partial charge in [-0.25, -0.2) is 0 Å². The average molecular weight is 287 g/mol. The number of benzene rings is 1. The molecule has 0 saturated carbocycles. The molecule has 0 aromatic heterocycles. The summed E-state index contributed by atoms with van der Waals surface area (Å²) in [4.78, 5) is 10.3. The van der Waals surface area contributed by atoms with Gasteiger partial charge in [0.15, 0.2) is 0 Å². The minimum Gasteiger partial charge on any atom is -0.547 e. The van der Waals surface area contributed by atoms with Crippen LogP contribution in [0.15, 0.2) is 18.2 Å². The molecular formula is C10H5F6O3-. The third-order valence-corrected chi connectivity index (χ3v) is 2.15. The number of rotatable bonds is 2. The number of aliphatic carboxylic acids is 1. The summed E-state index contributed by atoms with van der Waals surface area (Å²) in [5.74, 6) is -2.20. The Morgan fingerprint density at radius 1 is 1.00 bits per heavy atom. The molecule has 3 nitrogen and oxygen atoms in total. The lowest BCUT2D eigenvalue weighted by molar-refractivity contribution is -0.315. The molecule has 19 heavy (non-hydrogen) atoms. The first-order valence-electron chi connectivity index (χ1n) is 4.61. The molecule has 0 radical (unpaired) electrons. The van der Waals surface area contributed by atoms with Crippen molar-refractivity contribution in [3.8, 4) is 0 Å². The maximum absolute atomic E-state index is 12.4. The van der Waals surface area contributed by atoms with Crippen molar-refractivity contribution in [1.82, 2.24) is 0 Å². The van der Waals surface area contributed by atoms with E-state index in [0.29, 0.717) is 0 Å². The maximum atomic E-state index is 12.4. The Morgan fingerprint density at radius 2 is 1.37 bits per heavy atom. The Kier molecular flexibility index (Phi) is 3.80. The second-order valence-corrected chi connectivity index (χ2v) is 3.56. The van der Waals surface area contributed by atoms with Gasteiger partial charge in [0.05, 0.1) is 17.1 Å². The Bertz CT molecular complexity index is 459. The van der Waals surface area contributed by atoms with Gasteiger partial charge in [0.25, 0.3) is 0 Å². The van der Waals surface area contributed by atoms with Crippen molar-refractivity contribution >= 4 is 5.97 Å². The quantitative estimate of drug-likeness (QED) is 0.839. The van der Waals surface area contributed by atoms with Crippen LogP contribution in [0.5, 0.6) is 0 Å². The van der Waals surface area contributed by atoms with E-state index in [1.165, 1.54) is 0 Å². The van der Waals surface area contributed by atoms with Crippen LogP contribution >= 0.6 is 0 Å². The molecule has 1 aromatic rings. The summed E-state index contributed by atoms with van der Waals surface area (Å²) in [5, 5.41) is 19.3. The number of aliphatic hydroxyl groups excluding tert-OH is 1. The number of carbonyl (C=O) groups excluding carboxylic acids is 1. The predicted octanol–water partition coefficient (Wildman–Crippen LogP) is 1.51. The molecule has 0 amide bonds. The summed E-state index contributed by atoms with van der Waals surface area (Å²) < 4.78 is 74.3. The van der Waals surface area contributed by atoms with Crippen LogP contribution in [0.4, 0.5) is 26.3 Å². The van der Waals surface area contributed by atoms with E-state index in [2.05, 4.69) is 0 Å². The second kappa shape index (κ2) is 4.72. The number of hydrogen-bond acceptors (Lipinski definition) is 3. The van der Waals surface area contributed by atoms with Crippen molar-refractivity contribution in [1.29, 1.82) is 0 Å². The van der Waals surface area contributed by atoms with Crippen LogP contribution in [0.3, 0.4) is 0 Å². The number of hydrogen-bond donors (Lipinski definition) is 1. The third kappa shape index (κ3) is 3.60. The maximum Gasteiger partial charge on any atom is 0.416 e. The van der Waals surface area contributed by atoms with E-state index < -0.39 is 41.1 Å². The molecular weight excluding hydrogens is 282 g/mol. The Labute approximate surface area is 102 Å². The smallest absolute Gasteiger partial charge is 0.416 e. The first kappa shape index (κ1) is 15.3. The van der Waals surface area contributed by atoms with E-state index >= 15 is 0 Å². The highest BCUT2D eigenvalue weighted by atomic mass is 19.4. The van der Waals surface area contributed by atoms with Crippen molar-refractivity contribution in [2.75, 3.05) is 0 Å². The fourth-order valence-electron chi connectivity index (χ4n) is 1.27. The molecule has 1 rings (SSSR count). The lowest BCUT2D eigenvalue weighted by Crippen LogP contribution is -2.30. The number of aliphatic hydroxyl groups is 1. The first-order valence-corrected chi connectivity index (χ1v) is 4.61. The van der Waals surface area contributed by atoms with Crippen LogP contribution in [-0.4, -0.2) is 11.1 Å². The van der Waals surface area contributed by atoms with Crippen molar-refractivity contribution in [3.63, 3.8) is 0 Å². The summed E-state index contributed by atoms with van der Waals surface area (Å²) in [5.41, 5.74) is -4.47. The van der Waals surface area contributed by atoms with E-state index in [1.54, 1.807) is 0 Å². The van der Waals surface area contributed by atoms with Gasteiger partial charge < -0.3 is 15.0 Å². The van der Waals surface area contributed by atoms with Crippen LogP contribution in [0.2, 0.25) is 0 Å².